The van der Waals surface area contributed by atoms with E-state index in [0.29, 0.717) is 29.3 Å². The lowest BCUT2D eigenvalue weighted by atomic mass is 9.89. The number of ether oxygens (including phenoxy) is 2. The van der Waals surface area contributed by atoms with Crippen LogP contribution in [0.25, 0.3) is 6.08 Å². The first-order valence-corrected chi connectivity index (χ1v) is 11.2. The Morgan fingerprint density at radius 1 is 1.06 bits per heavy atom. The van der Waals surface area contributed by atoms with Crippen molar-refractivity contribution < 1.29 is 24.2 Å². The fraction of sp³-hybridized carbons (Fsp3) is 0.214. The Labute approximate surface area is 198 Å². The molecule has 6 heteroatoms. The van der Waals surface area contributed by atoms with Gasteiger partial charge in [0.05, 0.1) is 18.7 Å². The molecule has 0 aromatic heterocycles. The van der Waals surface area contributed by atoms with Crippen LogP contribution < -0.4 is 14.4 Å². The number of benzene rings is 3. The molecule has 0 saturated heterocycles. The highest BCUT2D eigenvalue weighted by Gasteiger charge is 2.50. The summed E-state index contributed by atoms with van der Waals surface area (Å²) in [7, 11) is 0. The molecule has 172 valence electrons. The lowest BCUT2D eigenvalue weighted by Gasteiger charge is -2.23. The predicted molar refractivity (Wildman–Crippen MR) is 129 cm³/mol. The Bertz CT molecular complexity index is 1330. The Kier molecular flexibility index (Phi) is 5.46. The van der Waals surface area contributed by atoms with E-state index in [1.165, 1.54) is 6.08 Å². The highest BCUT2D eigenvalue weighted by Crippen LogP contribution is 2.43. The number of carbonyl (C=O) groups is 2. The number of hydrogen-bond donors (Lipinski definition) is 1. The van der Waals surface area contributed by atoms with Crippen molar-refractivity contribution >= 4 is 23.5 Å². The topological polar surface area (TPSA) is 76.1 Å². The van der Waals surface area contributed by atoms with E-state index in [1.54, 1.807) is 35.2 Å². The van der Waals surface area contributed by atoms with Crippen molar-refractivity contribution in [2.24, 2.45) is 0 Å². The Morgan fingerprint density at radius 3 is 2.71 bits per heavy atom. The summed E-state index contributed by atoms with van der Waals surface area (Å²) in [5.74, 6) is 0.446. The van der Waals surface area contributed by atoms with E-state index < -0.39 is 11.5 Å². The molecule has 5 rings (SSSR count). The number of aliphatic hydroxyl groups is 1. The predicted octanol–water partition coefficient (Wildman–Crippen LogP) is 4.44. The summed E-state index contributed by atoms with van der Waals surface area (Å²) in [6.07, 6.45) is 2.69. The SMILES string of the molecule is Cc1ccc(C)c(CN2C(=O)C(O)(CC(=O)C=Cc3ccc4c(c3)OCO4)c3ccccc32)c1. The number of para-hydroxylation sites is 1. The molecular weight excluding hydrogens is 430 g/mol. The molecule has 0 spiro atoms. The number of carbonyl (C=O) groups excluding carboxylic acids is 2. The van der Waals surface area contributed by atoms with Gasteiger partial charge in [-0.2, -0.15) is 0 Å². The number of ketones is 1. The number of fused-ring (bicyclic) bond motifs is 2. The van der Waals surface area contributed by atoms with Crippen molar-refractivity contribution in [3.63, 3.8) is 0 Å². The zero-order valence-electron chi connectivity index (χ0n) is 19.1. The molecule has 1 unspecified atom stereocenters. The van der Waals surface area contributed by atoms with Gasteiger partial charge in [0, 0.05) is 5.56 Å². The number of nitrogens with zero attached hydrogens (tertiary/aromatic N) is 1. The molecule has 3 aromatic carbocycles. The molecule has 1 N–H and O–H groups in total. The summed E-state index contributed by atoms with van der Waals surface area (Å²) >= 11 is 0. The molecule has 0 radical (unpaired) electrons. The van der Waals surface area contributed by atoms with Crippen molar-refractivity contribution in [1.82, 2.24) is 0 Å². The Hall–Kier alpha value is -3.90. The van der Waals surface area contributed by atoms with E-state index in [0.717, 1.165) is 22.3 Å². The van der Waals surface area contributed by atoms with E-state index in [9.17, 15) is 14.7 Å². The number of aryl methyl sites for hydroxylation is 2. The van der Waals surface area contributed by atoms with Crippen LogP contribution in [-0.2, 0) is 21.7 Å². The first kappa shape index (κ1) is 21.9. The van der Waals surface area contributed by atoms with E-state index in [2.05, 4.69) is 0 Å². The fourth-order valence-electron chi connectivity index (χ4n) is 4.49. The van der Waals surface area contributed by atoms with Crippen LogP contribution in [0.1, 0.15) is 34.2 Å². The molecule has 0 bridgehead atoms. The maximum absolute atomic E-state index is 13.5. The summed E-state index contributed by atoms with van der Waals surface area (Å²) < 4.78 is 10.7. The first-order chi connectivity index (χ1) is 16.3. The second-order valence-corrected chi connectivity index (χ2v) is 8.79. The first-order valence-electron chi connectivity index (χ1n) is 11.2. The minimum atomic E-state index is -1.91. The van der Waals surface area contributed by atoms with Crippen molar-refractivity contribution in [1.29, 1.82) is 0 Å². The minimum absolute atomic E-state index is 0.175. The van der Waals surface area contributed by atoms with E-state index >= 15 is 0 Å². The van der Waals surface area contributed by atoms with Crippen LogP contribution in [0.5, 0.6) is 11.5 Å². The van der Waals surface area contributed by atoms with Gasteiger partial charge in [0.2, 0.25) is 6.79 Å². The van der Waals surface area contributed by atoms with Gasteiger partial charge in [0.15, 0.2) is 22.9 Å². The molecule has 0 saturated carbocycles. The lowest BCUT2D eigenvalue weighted by molar-refractivity contribution is -0.140. The molecule has 2 aliphatic heterocycles. The van der Waals surface area contributed by atoms with Crippen molar-refractivity contribution in [3.8, 4) is 11.5 Å². The third-order valence-electron chi connectivity index (χ3n) is 6.36. The van der Waals surface area contributed by atoms with Crippen LogP contribution >= 0.6 is 0 Å². The fourth-order valence-corrected chi connectivity index (χ4v) is 4.49. The van der Waals surface area contributed by atoms with Gasteiger partial charge in [-0.1, -0.05) is 54.1 Å². The molecule has 6 nitrogen and oxygen atoms in total. The summed E-state index contributed by atoms with van der Waals surface area (Å²) in [5.41, 5.74) is 3.10. The molecule has 0 aliphatic carbocycles. The average Bonchev–Trinajstić information content (AvgIpc) is 3.37. The second kappa shape index (κ2) is 8.47. The molecule has 1 amide bonds. The molecule has 2 aliphatic rings. The highest BCUT2D eigenvalue weighted by atomic mass is 16.7. The average molecular weight is 456 g/mol. The highest BCUT2D eigenvalue weighted by molar-refractivity contribution is 6.10. The van der Waals surface area contributed by atoms with Crippen LogP contribution in [0.2, 0.25) is 0 Å². The Balaban J connectivity index is 1.39. The standard InChI is InChI=1S/C28H25NO5/c1-18-7-8-19(2)21(13-18)16-29-24-6-4-3-5-23(24)28(32,27(29)31)15-22(30)11-9-20-10-12-25-26(14-20)34-17-33-25/h3-14,32H,15-17H2,1-2H3. The third kappa shape index (κ3) is 3.86. The molecule has 2 heterocycles. The summed E-state index contributed by atoms with van der Waals surface area (Å²) in [6.45, 7) is 4.50. The van der Waals surface area contributed by atoms with E-state index in [1.807, 2.05) is 50.2 Å². The van der Waals surface area contributed by atoms with Gasteiger partial charge < -0.3 is 19.5 Å². The number of anilines is 1. The van der Waals surface area contributed by atoms with Crippen LogP contribution in [0.4, 0.5) is 5.69 Å². The lowest BCUT2D eigenvalue weighted by Crippen LogP contribution is -2.41. The minimum Gasteiger partial charge on any atom is -0.454 e. The number of allylic oxidation sites excluding steroid dienone is 1. The molecule has 3 aromatic rings. The zero-order chi connectivity index (χ0) is 23.9. The normalized spacial score (nSPS) is 18.6. The smallest absolute Gasteiger partial charge is 0.264 e. The zero-order valence-corrected chi connectivity index (χ0v) is 19.1. The van der Waals surface area contributed by atoms with Crippen molar-refractivity contribution in [2.45, 2.75) is 32.4 Å². The largest absolute Gasteiger partial charge is 0.454 e. The van der Waals surface area contributed by atoms with Crippen LogP contribution in [-0.4, -0.2) is 23.6 Å². The van der Waals surface area contributed by atoms with E-state index in [-0.39, 0.29) is 19.0 Å². The van der Waals surface area contributed by atoms with Gasteiger partial charge in [-0.25, -0.2) is 0 Å². The third-order valence-corrected chi connectivity index (χ3v) is 6.36. The van der Waals surface area contributed by atoms with Crippen LogP contribution in [0.15, 0.2) is 66.7 Å². The van der Waals surface area contributed by atoms with Gasteiger partial charge in [0.1, 0.15) is 0 Å². The number of hydrogen-bond acceptors (Lipinski definition) is 5. The summed E-state index contributed by atoms with van der Waals surface area (Å²) in [6, 6.07) is 18.6. The second-order valence-electron chi connectivity index (χ2n) is 8.79. The molecular formula is C28H25NO5. The van der Waals surface area contributed by atoms with Gasteiger partial charge in [0.25, 0.3) is 5.91 Å². The molecule has 1 atom stereocenters. The van der Waals surface area contributed by atoms with Gasteiger partial charge in [-0.15, -0.1) is 0 Å². The Morgan fingerprint density at radius 2 is 1.85 bits per heavy atom. The number of amides is 1. The van der Waals surface area contributed by atoms with Crippen LogP contribution in [0, 0.1) is 13.8 Å². The number of rotatable bonds is 6. The quantitative estimate of drug-likeness (QED) is 0.556. The van der Waals surface area contributed by atoms with Gasteiger partial charge in [-0.3, -0.25) is 9.59 Å². The van der Waals surface area contributed by atoms with E-state index in [4.69, 9.17) is 9.47 Å². The maximum atomic E-state index is 13.5. The summed E-state index contributed by atoms with van der Waals surface area (Å²) in [4.78, 5) is 27.9. The molecule has 34 heavy (non-hydrogen) atoms. The molecule has 0 fully saturated rings. The van der Waals surface area contributed by atoms with Crippen molar-refractivity contribution in [2.75, 3.05) is 11.7 Å². The maximum Gasteiger partial charge on any atom is 0.264 e. The van der Waals surface area contributed by atoms with Crippen molar-refractivity contribution in [3.05, 3.63) is 94.6 Å². The van der Waals surface area contributed by atoms with Gasteiger partial charge in [-0.05, 0) is 54.8 Å². The summed E-state index contributed by atoms with van der Waals surface area (Å²) in [5, 5.41) is 11.5. The van der Waals surface area contributed by atoms with Crippen LogP contribution in [0.3, 0.4) is 0 Å². The van der Waals surface area contributed by atoms with Gasteiger partial charge >= 0.3 is 0 Å². The monoisotopic (exact) mass is 455 g/mol.